The molecule has 0 unspecified atom stereocenters. The van der Waals surface area contributed by atoms with Crippen molar-refractivity contribution in [1.82, 2.24) is 0 Å². The van der Waals surface area contributed by atoms with Crippen LogP contribution in [-0.4, -0.2) is 12.1 Å². The molecule has 3 nitrogen and oxygen atoms in total. The van der Waals surface area contributed by atoms with Gasteiger partial charge >= 0.3 is 5.97 Å². The highest BCUT2D eigenvalue weighted by molar-refractivity contribution is 9.10. The van der Waals surface area contributed by atoms with Gasteiger partial charge in [-0.2, -0.15) is 5.26 Å². The number of ether oxygens (including phenoxy) is 1. The third-order valence-corrected chi connectivity index (χ3v) is 5.27. The van der Waals surface area contributed by atoms with E-state index in [0.29, 0.717) is 17.8 Å². The quantitative estimate of drug-likeness (QED) is 0.395. The molecule has 0 radical (unpaired) electrons. The summed E-state index contributed by atoms with van der Waals surface area (Å²) in [7, 11) is 0. The number of nitriles is 1. The number of nitrogens with zero attached hydrogens (tertiary/aromatic N) is 1. The monoisotopic (exact) mass is 389 g/mol. The van der Waals surface area contributed by atoms with Gasteiger partial charge in [-0.25, -0.2) is 4.79 Å². The summed E-state index contributed by atoms with van der Waals surface area (Å²) in [6.07, 6.45) is 4.63. The largest absolute Gasteiger partial charge is 0.458 e. The molecule has 0 bridgehead atoms. The second kappa shape index (κ2) is 8.48. The third-order valence-electron chi connectivity index (χ3n) is 4.74. The van der Waals surface area contributed by atoms with Crippen molar-refractivity contribution in [3.8, 4) is 6.07 Å². The molecule has 1 saturated carbocycles. The Kier molecular flexibility index (Phi) is 6.62. The summed E-state index contributed by atoms with van der Waals surface area (Å²) < 4.78 is 6.70. The Bertz CT molecular complexity index is 643. The van der Waals surface area contributed by atoms with Gasteiger partial charge in [-0.05, 0) is 54.4 Å². The van der Waals surface area contributed by atoms with Gasteiger partial charge in [0.2, 0.25) is 0 Å². The van der Waals surface area contributed by atoms with E-state index < -0.39 is 5.97 Å². The van der Waals surface area contributed by atoms with E-state index in [9.17, 15) is 10.1 Å². The Morgan fingerprint density at radius 3 is 2.58 bits per heavy atom. The van der Waals surface area contributed by atoms with Gasteiger partial charge in [0.25, 0.3) is 0 Å². The summed E-state index contributed by atoms with van der Waals surface area (Å²) in [6, 6.07) is 9.45. The molecule has 0 saturated heterocycles. The molecule has 1 aliphatic carbocycles. The topological polar surface area (TPSA) is 50.1 Å². The van der Waals surface area contributed by atoms with Gasteiger partial charge < -0.3 is 4.74 Å². The molecule has 0 N–H and O–H groups in total. The summed E-state index contributed by atoms with van der Waals surface area (Å²) >= 11 is 3.37. The first kappa shape index (κ1) is 18.7. The summed E-state index contributed by atoms with van der Waals surface area (Å²) in [5.74, 6) is 0.887. The Hall–Kier alpha value is -1.60. The molecule has 1 aromatic rings. The van der Waals surface area contributed by atoms with Crippen LogP contribution in [0.3, 0.4) is 0 Å². The zero-order valence-corrected chi connectivity index (χ0v) is 16.0. The van der Waals surface area contributed by atoms with Crippen molar-refractivity contribution in [2.75, 3.05) is 0 Å². The van der Waals surface area contributed by atoms with Gasteiger partial charge in [0.15, 0.2) is 0 Å². The van der Waals surface area contributed by atoms with E-state index in [-0.39, 0.29) is 11.7 Å². The van der Waals surface area contributed by atoms with Crippen LogP contribution in [0.15, 0.2) is 34.3 Å². The lowest BCUT2D eigenvalue weighted by atomic mass is 9.75. The molecular weight excluding hydrogens is 366 g/mol. The number of hydrogen-bond donors (Lipinski definition) is 0. The van der Waals surface area contributed by atoms with E-state index in [2.05, 4.69) is 36.7 Å². The summed E-state index contributed by atoms with van der Waals surface area (Å²) in [5.41, 5.74) is 0.863. The molecule has 0 heterocycles. The molecule has 3 atom stereocenters. The first-order chi connectivity index (χ1) is 11.4. The van der Waals surface area contributed by atoms with E-state index in [0.717, 1.165) is 22.9 Å². The van der Waals surface area contributed by atoms with Crippen LogP contribution in [0, 0.1) is 29.1 Å². The van der Waals surface area contributed by atoms with Crippen molar-refractivity contribution in [3.05, 3.63) is 39.9 Å². The highest BCUT2D eigenvalue weighted by Crippen LogP contribution is 2.35. The van der Waals surface area contributed by atoms with Crippen LogP contribution >= 0.6 is 15.9 Å². The molecule has 4 heteroatoms. The molecule has 24 heavy (non-hydrogen) atoms. The van der Waals surface area contributed by atoms with E-state index in [1.165, 1.54) is 6.42 Å². The molecule has 1 aromatic carbocycles. The van der Waals surface area contributed by atoms with Crippen molar-refractivity contribution in [3.63, 3.8) is 0 Å². The maximum Gasteiger partial charge on any atom is 0.349 e. The Morgan fingerprint density at radius 2 is 2.00 bits per heavy atom. The van der Waals surface area contributed by atoms with Crippen molar-refractivity contribution in [2.45, 2.75) is 46.1 Å². The number of carbonyl (C=O) groups excluding carboxylic acids is 1. The average molecular weight is 390 g/mol. The van der Waals surface area contributed by atoms with Gasteiger partial charge in [-0.15, -0.1) is 0 Å². The van der Waals surface area contributed by atoms with E-state index >= 15 is 0 Å². The second-order valence-electron chi connectivity index (χ2n) is 6.99. The van der Waals surface area contributed by atoms with Crippen LogP contribution in [0.1, 0.15) is 45.6 Å². The summed E-state index contributed by atoms with van der Waals surface area (Å²) in [5, 5.41) is 9.34. The molecule has 0 aromatic heterocycles. The lowest BCUT2D eigenvalue weighted by molar-refractivity contribution is -0.150. The average Bonchev–Trinajstić information content (AvgIpc) is 2.54. The van der Waals surface area contributed by atoms with Crippen LogP contribution in [0.25, 0.3) is 6.08 Å². The lowest BCUT2D eigenvalue weighted by Crippen LogP contribution is -2.36. The van der Waals surface area contributed by atoms with Gasteiger partial charge in [0.1, 0.15) is 17.7 Å². The molecule has 1 aliphatic rings. The second-order valence-corrected chi connectivity index (χ2v) is 7.91. The third kappa shape index (κ3) is 4.95. The fourth-order valence-corrected chi connectivity index (χ4v) is 3.58. The maximum absolute atomic E-state index is 12.5. The molecule has 0 spiro atoms. The zero-order chi connectivity index (χ0) is 17.7. The van der Waals surface area contributed by atoms with Gasteiger partial charge in [-0.3, -0.25) is 0 Å². The highest BCUT2D eigenvalue weighted by atomic mass is 79.9. The number of benzene rings is 1. The fourth-order valence-electron chi connectivity index (χ4n) is 3.31. The summed E-state index contributed by atoms with van der Waals surface area (Å²) in [6.45, 7) is 6.54. The molecule has 1 fully saturated rings. The predicted octanol–water partition coefficient (Wildman–Crippen LogP) is 5.36. The SMILES string of the molecule is CC(C)[C@@H]1CC[C@@H](C)C[C@H]1OC(=O)/C(C#N)=C/c1ccc(Br)cc1. The van der Waals surface area contributed by atoms with E-state index in [4.69, 9.17) is 4.74 Å². The minimum Gasteiger partial charge on any atom is -0.458 e. The Balaban J connectivity index is 2.13. The molecular formula is C20H24BrNO2. The molecule has 0 aliphatic heterocycles. The van der Waals surface area contributed by atoms with Crippen LogP contribution in [-0.2, 0) is 9.53 Å². The smallest absolute Gasteiger partial charge is 0.349 e. The van der Waals surface area contributed by atoms with Crippen molar-refractivity contribution in [2.24, 2.45) is 17.8 Å². The summed E-state index contributed by atoms with van der Waals surface area (Å²) in [4.78, 5) is 12.5. The number of rotatable bonds is 4. The van der Waals surface area contributed by atoms with Crippen molar-refractivity contribution < 1.29 is 9.53 Å². The van der Waals surface area contributed by atoms with Crippen LogP contribution in [0.4, 0.5) is 0 Å². The first-order valence-electron chi connectivity index (χ1n) is 8.49. The van der Waals surface area contributed by atoms with Crippen molar-refractivity contribution in [1.29, 1.82) is 5.26 Å². The Morgan fingerprint density at radius 1 is 1.33 bits per heavy atom. The molecule has 0 amide bonds. The normalized spacial score (nSPS) is 24.5. The molecule has 2 rings (SSSR count). The highest BCUT2D eigenvalue weighted by Gasteiger charge is 2.33. The van der Waals surface area contributed by atoms with Gasteiger partial charge in [0, 0.05) is 4.47 Å². The minimum absolute atomic E-state index is 0.0538. The van der Waals surface area contributed by atoms with E-state index in [1.54, 1.807) is 6.08 Å². The standard InChI is InChI=1S/C20H24BrNO2/c1-13(2)18-9-4-14(3)10-19(18)24-20(23)16(12-22)11-15-5-7-17(21)8-6-15/h5-8,11,13-14,18-19H,4,9-10H2,1-3H3/b16-11+/t14-,18+,19-/m1/s1. The van der Waals surface area contributed by atoms with E-state index in [1.807, 2.05) is 30.3 Å². The van der Waals surface area contributed by atoms with Crippen molar-refractivity contribution >= 4 is 28.0 Å². The van der Waals surface area contributed by atoms with Gasteiger partial charge in [0.05, 0.1) is 0 Å². The lowest BCUT2D eigenvalue weighted by Gasteiger charge is -2.36. The first-order valence-corrected chi connectivity index (χ1v) is 9.28. The number of carbonyl (C=O) groups is 1. The maximum atomic E-state index is 12.5. The predicted molar refractivity (Wildman–Crippen MR) is 99.0 cm³/mol. The Labute approximate surface area is 152 Å². The van der Waals surface area contributed by atoms with Gasteiger partial charge in [-0.1, -0.05) is 55.3 Å². The number of halogens is 1. The zero-order valence-electron chi connectivity index (χ0n) is 14.5. The molecule has 128 valence electrons. The van der Waals surface area contributed by atoms with Crippen LogP contribution in [0.5, 0.6) is 0 Å². The number of esters is 1. The number of hydrogen-bond acceptors (Lipinski definition) is 3. The van der Waals surface area contributed by atoms with Crippen LogP contribution in [0.2, 0.25) is 0 Å². The fraction of sp³-hybridized carbons (Fsp3) is 0.500. The minimum atomic E-state index is -0.509. The van der Waals surface area contributed by atoms with Crippen LogP contribution < -0.4 is 0 Å².